The Morgan fingerprint density at radius 3 is 3.10 bits per heavy atom. The highest BCUT2D eigenvalue weighted by Gasteiger charge is 2.22. The van der Waals surface area contributed by atoms with Gasteiger partial charge in [0.25, 0.3) is 0 Å². The molecule has 1 saturated heterocycles. The Labute approximate surface area is 59.6 Å². The SMILES string of the molecule is C/C=C/CC1COC(=O)O1. The summed E-state index contributed by atoms with van der Waals surface area (Å²) in [5.41, 5.74) is 0. The summed E-state index contributed by atoms with van der Waals surface area (Å²) in [6.07, 6.45) is 4.01. The van der Waals surface area contributed by atoms with Crippen LogP contribution in [0.2, 0.25) is 0 Å². The van der Waals surface area contributed by atoms with Gasteiger partial charge in [-0.15, -0.1) is 0 Å². The molecule has 1 atom stereocenters. The first kappa shape index (κ1) is 7.12. The van der Waals surface area contributed by atoms with E-state index in [1.54, 1.807) is 0 Å². The van der Waals surface area contributed by atoms with E-state index in [2.05, 4.69) is 4.74 Å². The van der Waals surface area contributed by atoms with Gasteiger partial charge in [0.2, 0.25) is 0 Å². The number of hydrogen-bond acceptors (Lipinski definition) is 3. The number of cyclic esters (lactones) is 2. The van der Waals surface area contributed by atoms with Crippen molar-refractivity contribution in [3.63, 3.8) is 0 Å². The Hall–Kier alpha value is -0.990. The third-order valence-corrected chi connectivity index (χ3v) is 1.28. The van der Waals surface area contributed by atoms with Gasteiger partial charge in [0.05, 0.1) is 0 Å². The number of ether oxygens (including phenoxy) is 2. The Morgan fingerprint density at radius 1 is 1.80 bits per heavy atom. The minimum absolute atomic E-state index is 0.0660. The van der Waals surface area contributed by atoms with Gasteiger partial charge in [-0.1, -0.05) is 12.2 Å². The van der Waals surface area contributed by atoms with E-state index in [1.165, 1.54) is 0 Å². The molecule has 56 valence electrons. The van der Waals surface area contributed by atoms with Gasteiger partial charge in [0.15, 0.2) is 0 Å². The summed E-state index contributed by atoms with van der Waals surface area (Å²) < 4.78 is 9.32. The molecule has 0 bridgehead atoms. The summed E-state index contributed by atoms with van der Waals surface area (Å²) in [4.78, 5) is 10.3. The molecule has 1 aliphatic rings. The Morgan fingerprint density at radius 2 is 2.60 bits per heavy atom. The van der Waals surface area contributed by atoms with E-state index in [0.29, 0.717) is 6.61 Å². The lowest BCUT2D eigenvalue weighted by atomic mass is 10.2. The van der Waals surface area contributed by atoms with Crippen molar-refractivity contribution in [1.82, 2.24) is 0 Å². The van der Waals surface area contributed by atoms with Gasteiger partial charge in [-0.2, -0.15) is 0 Å². The van der Waals surface area contributed by atoms with Gasteiger partial charge >= 0.3 is 6.16 Å². The molecular formula is C7H10O3. The lowest BCUT2D eigenvalue weighted by molar-refractivity contribution is 0.118. The molecule has 1 rings (SSSR count). The molecule has 0 aromatic carbocycles. The second-order valence-electron chi connectivity index (χ2n) is 2.11. The highest BCUT2D eigenvalue weighted by molar-refractivity contribution is 5.61. The normalized spacial score (nSPS) is 24.9. The lowest BCUT2D eigenvalue weighted by Gasteiger charge is -1.99. The molecule has 0 amide bonds. The van der Waals surface area contributed by atoms with Crippen LogP contribution in [0.1, 0.15) is 13.3 Å². The van der Waals surface area contributed by atoms with Gasteiger partial charge in [-0.05, 0) is 6.92 Å². The second-order valence-corrected chi connectivity index (χ2v) is 2.11. The van der Waals surface area contributed by atoms with Crippen molar-refractivity contribution in [3.05, 3.63) is 12.2 Å². The van der Waals surface area contributed by atoms with Crippen LogP contribution in [0.4, 0.5) is 4.79 Å². The standard InChI is InChI=1S/C7H10O3/c1-2-3-4-6-5-9-7(8)10-6/h2-3,6H,4-5H2,1H3/b3-2+. The molecule has 3 heteroatoms. The van der Waals surface area contributed by atoms with Gasteiger partial charge in [-0.25, -0.2) is 4.79 Å². The quantitative estimate of drug-likeness (QED) is 0.433. The number of carbonyl (C=O) groups excluding carboxylic acids is 1. The molecule has 0 aromatic heterocycles. The van der Waals surface area contributed by atoms with Crippen molar-refractivity contribution >= 4 is 6.16 Å². The Bertz CT molecular complexity index is 151. The fourth-order valence-corrected chi connectivity index (χ4v) is 0.769. The van der Waals surface area contributed by atoms with Crippen LogP contribution in [0.25, 0.3) is 0 Å². The van der Waals surface area contributed by atoms with Crippen LogP contribution in [0, 0.1) is 0 Å². The zero-order valence-corrected chi connectivity index (χ0v) is 5.87. The predicted octanol–water partition coefficient (Wildman–Crippen LogP) is 1.49. The van der Waals surface area contributed by atoms with Gasteiger partial charge in [-0.3, -0.25) is 0 Å². The molecule has 0 saturated carbocycles. The predicted molar refractivity (Wildman–Crippen MR) is 35.7 cm³/mol. The van der Waals surface area contributed by atoms with E-state index in [0.717, 1.165) is 6.42 Å². The molecule has 0 spiro atoms. The van der Waals surface area contributed by atoms with Crippen molar-refractivity contribution in [3.8, 4) is 0 Å². The van der Waals surface area contributed by atoms with E-state index in [4.69, 9.17) is 4.74 Å². The molecule has 1 heterocycles. The molecule has 10 heavy (non-hydrogen) atoms. The first-order valence-corrected chi connectivity index (χ1v) is 3.27. The number of hydrogen-bond donors (Lipinski definition) is 0. The molecule has 0 aliphatic carbocycles. The summed E-state index contributed by atoms with van der Waals surface area (Å²) in [7, 11) is 0. The summed E-state index contributed by atoms with van der Waals surface area (Å²) in [6, 6.07) is 0. The van der Waals surface area contributed by atoms with Crippen LogP contribution in [-0.2, 0) is 9.47 Å². The van der Waals surface area contributed by atoms with Gasteiger partial charge in [0.1, 0.15) is 12.7 Å². The summed E-state index contributed by atoms with van der Waals surface area (Å²) in [5.74, 6) is 0. The molecule has 0 N–H and O–H groups in total. The topological polar surface area (TPSA) is 35.5 Å². The Kier molecular flexibility index (Phi) is 2.31. The zero-order chi connectivity index (χ0) is 7.40. The highest BCUT2D eigenvalue weighted by atomic mass is 16.8. The molecule has 1 aliphatic heterocycles. The van der Waals surface area contributed by atoms with Crippen molar-refractivity contribution in [1.29, 1.82) is 0 Å². The number of allylic oxidation sites excluding steroid dienone is 1. The fraction of sp³-hybridized carbons (Fsp3) is 0.571. The lowest BCUT2D eigenvalue weighted by Crippen LogP contribution is -2.07. The number of carbonyl (C=O) groups is 1. The average molecular weight is 142 g/mol. The maximum Gasteiger partial charge on any atom is 0.508 e. The summed E-state index contributed by atoms with van der Waals surface area (Å²) in [5, 5.41) is 0. The van der Waals surface area contributed by atoms with E-state index >= 15 is 0 Å². The first-order chi connectivity index (χ1) is 4.83. The summed E-state index contributed by atoms with van der Waals surface area (Å²) >= 11 is 0. The average Bonchev–Trinajstić information content (AvgIpc) is 2.31. The molecular weight excluding hydrogens is 132 g/mol. The van der Waals surface area contributed by atoms with Gasteiger partial charge < -0.3 is 9.47 Å². The third kappa shape index (κ3) is 1.76. The zero-order valence-electron chi connectivity index (χ0n) is 5.87. The number of rotatable bonds is 2. The maximum absolute atomic E-state index is 10.3. The first-order valence-electron chi connectivity index (χ1n) is 3.27. The Balaban J connectivity index is 2.24. The maximum atomic E-state index is 10.3. The van der Waals surface area contributed by atoms with Crippen LogP contribution < -0.4 is 0 Å². The third-order valence-electron chi connectivity index (χ3n) is 1.28. The van der Waals surface area contributed by atoms with E-state index in [-0.39, 0.29) is 6.10 Å². The smallest absolute Gasteiger partial charge is 0.430 e. The fourth-order valence-electron chi connectivity index (χ4n) is 0.769. The molecule has 1 fully saturated rings. The van der Waals surface area contributed by atoms with Crippen molar-refractivity contribution in [2.45, 2.75) is 19.4 Å². The van der Waals surface area contributed by atoms with E-state index in [9.17, 15) is 4.79 Å². The summed E-state index contributed by atoms with van der Waals surface area (Å²) in [6.45, 7) is 2.32. The second kappa shape index (κ2) is 3.25. The highest BCUT2D eigenvalue weighted by Crippen LogP contribution is 2.09. The van der Waals surface area contributed by atoms with Crippen LogP contribution in [0.15, 0.2) is 12.2 Å². The van der Waals surface area contributed by atoms with Gasteiger partial charge in [0, 0.05) is 6.42 Å². The van der Waals surface area contributed by atoms with Crippen LogP contribution in [0.3, 0.4) is 0 Å². The van der Waals surface area contributed by atoms with Crippen molar-refractivity contribution in [2.24, 2.45) is 0 Å². The van der Waals surface area contributed by atoms with E-state index < -0.39 is 6.16 Å². The molecule has 0 radical (unpaired) electrons. The van der Waals surface area contributed by atoms with Crippen LogP contribution in [-0.4, -0.2) is 18.9 Å². The van der Waals surface area contributed by atoms with Crippen LogP contribution >= 0.6 is 0 Å². The molecule has 1 unspecified atom stereocenters. The minimum Gasteiger partial charge on any atom is -0.430 e. The molecule has 0 aromatic rings. The van der Waals surface area contributed by atoms with Crippen molar-refractivity contribution in [2.75, 3.05) is 6.61 Å². The monoisotopic (exact) mass is 142 g/mol. The minimum atomic E-state index is -0.547. The van der Waals surface area contributed by atoms with Crippen molar-refractivity contribution < 1.29 is 14.3 Å². The van der Waals surface area contributed by atoms with E-state index in [1.807, 2.05) is 19.1 Å². The largest absolute Gasteiger partial charge is 0.508 e. The molecule has 3 nitrogen and oxygen atoms in total. The van der Waals surface area contributed by atoms with Crippen LogP contribution in [0.5, 0.6) is 0 Å².